The maximum absolute atomic E-state index is 11.5. The van der Waals surface area contributed by atoms with Crippen LogP contribution in [0.3, 0.4) is 0 Å². The van der Waals surface area contributed by atoms with Crippen molar-refractivity contribution >= 4 is 11.9 Å². The van der Waals surface area contributed by atoms with Crippen molar-refractivity contribution < 1.29 is 14.3 Å². The summed E-state index contributed by atoms with van der Waals surface area (Å²) in [6.07, 6.45) is 0.312. The van der Waals surface area contributed by atoms with Crippen LogP contribution in [0.25, 0.3) is 0 Å². The van der Waals surface area contributed by atoms with Crippen LogP contribution in [0, 0.1) is 0 Å². The number of hydrogen-bond donors (Lipinski definition) is 2. The minimum absolute atomic E-state index is 0.0720. The minimum atomic E-state index is -0.123. The lowest BCUT2D eigenvalue weighted by atomic mass is 10.4. The number of hydrogen-bond acceptors (Lipinski definition) is 3. The number of carbonyl (C=O) groups is 2. The van der Waals surface area contributed by atoms with Crippen molar-refractivity contribution in [3.05, 3.63) is 0 Å². The Labute approximate surface area is 88.9 Å². The normalized spacial score (nSPS) is 15.9. The zero-order chi connectivity index (χ0) is 11.1. The molecule has 0 aliphatic carbocycles. The Morgan fingerprint density at radius 2 is 2.00 bits per heavy atom. The zero-order valence-electron chi connectivity index (χ0n) is 8.91. The standard InChI is InChI=1S/C9H17N3O3/c1-10-8(13)2-3-11-9(14)12-4-6-15-7-5-12/h2-7H2,1H3,(H,10,13)(H,11,14). The molecule has 0 unspecified atom stereocenters. The highest BCUT2D eigenvalue weighted by Crippen LogP contribution is 1.96. The Morgan fingerprint density at radius 3 is 2.60 bits per heavy atom. The van der Waals surface area contributed by atoms with Crippen LogP contribution in [0.4, 0.5) is 4.79 Å². The fraction of sp³-hybridized carbons (Fsp3) is 0.778. The summed E-state index contributed by atoms with van der Waals surface area (Å²) in [6, 6.07) is -0.123. The second-order valence-electron chi connectivity index (χ2n) is 3.25. The third-order valence-electron chi connectivity index (χ3n) is 2.21. The Morgan fingerprint density at radius 1 is 1.33 bits per heavy atom. The van der Waals surface area contributed by atoms with Crippen molar-refractivity contribution in [3.8, 4) is 0 Å². The summed E-state index contributed by atoms with van der Waals surface area (Å²) < 4.78 is 5.12. The summed E-state index contributed by atoms with van der Waals surface area (Å²) in [5.41, 5.74) is 0. The van der Waals surface area contributed by atoms with E-state index in [0.717, 1.165) is 0 Å². The average Bonchev–Trinajstić information content (AvgIpc) is 2.29. The van der Waals surface area contributed by atoms with Crippen LogP contribution in [0.15, 0.2) is 0 Å². The Hall–Kier alpha value is -1.30. The van der Waals surface area contributed by atoms with E-state index in [-0.39, 0.29) is 11.9 Å². The molecule has 0 atom stereocenters. The zero-order valence-corrected chi connectivity index (χ0v) is 8.91. The van der Waals surface area contributed by atoms with Gasteiger partial charge in [0.15, 0.2) is 0 Å². The van der Waals surface area contributed by atoms with Gasteiger partial charge in [-0.25, -0.2) is 4.79 Å². The summed E-state index contributed by atoms with van der Waals surface area (Å²) in [6.45, 7) is 2.78. The van der Waals surface area contributed by atoms with Gasteiger partial charge in [-0.05, 0) is 0 Å². The van der Waals surface area contributed by atoms with E-state index in [1.54, 1.807) is 11.9 Å². The minimum Gasteiger partial charge on any atom is -0.378 e. The van der Waals surface area contributed by atoms with E-state index in [2.05, 4.69) is 10.6 Å². The van der Waals surface area contributed by atoms with E-state index in [1.165, 1.54) is 0 Å². The number of urea groups is 1. The van der Waals surface area contributed by atoms with Crippen LogP contribution in [0.5, 0.6) is 0 Å². The largest absolute Gasteiger partial charge is 0.378 e. The molecule has 0 aromatic carbocycles. The van der Waals surface area contributed by atoms with Crippen LogP contribution in [0.2, 0.25) is 0 Å². The number of morpholine rings is 1. The summed E-state index contributed by atoms with van der Waals surface area (Å²) >= 11 is 0. The molecule has 1 heterocycles. The first-order valence-electron chi connectivity index (χ1n) is 5.05. The fourth-order valence-electron chi connectivity index (χ4n) is 1.29. The van der Waals surface area contributed by atoms with Gasteiger partial charge in [-0.2, -0.15) is 0 Å². The highest BCUT2D eigenvalue weighted by atomic mass is 16.5. The molecule has 1 fully saturated rings. The number of amides is 3. The molecule has 0 radical (unpaired) electrons. The van der Waals surface area contributed by atoms with Gasteiger partial charge in [0.2, 0.25) is 5.91 Å². The van der Waals surface area contributed by atoms with E-state index in [9.17, 15) is 9.59 Å². The van der Waals surface area contributed by atoms with Crippen molar-refractivity contribution in [1.82, 2.24) is 15.5 Å². The lowest BCUT2D eigenvalue weighted by Crippen LogP contribution is -2.46. The van der Waals surface area contributed by atoms with Crippen molar-refractivity contribution in [2.45, 2.75) is 6.42 Å². The molecule has 1 saturated heterocycles. The molecule has 1 aliphatic rings. The molecule has 6 heteroatoms. The second-order valence-corrected chi connectivity index (χ2v) is 3.25. The van der Waals surface area contributed by atoms with Crippen molar-refractivity contribution in [2.75, 3.05) is 39.9 Å². The van der Waals surface area contributed by atoms with Crippen LogP contribution in [0.1, 0.15) is 6.42 Å². The SMILES string of the molecule is CNC(=O)CCNC(=O)N1CCOCC1. The Kier molecular flexibility index (Phi) is 4.89. The lowest BCUT2D eigenvalue weighted by molar-refractivity contribution is -0.120. The van der Waals surface area contributed by atoms with Gasteiger partial charge in [0, 0.05) is 33.1 Å². The molecule has 0 aromatic heterocycles. The molecule has 2 N–H and O–H groups in total. The van der Waals surface area contributed by atoms with E-state index in [1.807, 2.05) is 0 Å². The number of carbonyl (C=O) groups excluding carboxylic acids is 2. The maximum Gasteiger partial charge on any atom is 0.317 e. The second kappa shape index (κ2) is 6.23. The summed E-state index contributed by atoms with van der Waals surface area (Å²) in [4.78, 5) is 24.1. The molecule has 0 saturated carbocycles. The van der Waals surface area contributed by atoms with Gasteiger partial charge in [0.25, 0.3) is 0 Å². The first-order chi connectivity index (χ1) is 7.24. The van der Waals surface area contributed by atoms with Crippen molar-refractivity contribution in [3.63, 3.8) is 0 Å². The molecule has 86 valence electrons. The van der Waals surface area contributed by atoms with E-state index < -0.39 is 0 Å². The predicted octanol–water partition coefficient (Wildman–Crippen LogP) is -0.836. The van der Waals surface area contributed by atoms with E-state index in [0.29, 0.717) is 39.3 Å². The van der Waals surface area contributed by atoms with Gasteiger partial charge < -0.3 is 20.3 Å². The number of ether oxygens (including phenoxy) is 1. The molecule has 1 aliphatic heterocycles. The molecule has 1 rings (SSSR count). The van der Waals surface area contributed by atoms with Gasteiger partial charge in [-0.15, -0.1) is 0 Å². The molecule has 0 spiro atoms. The summed E-state index contributed by atoms with van der Waals surface area (Å²) in [5, 5.41) is 5.18. The first kappa shape index (κ1) is 11.8. The van der Waals surface area contributed by atoms with E-state index >= 15 is 0 Å². The van der Waals surface area contributed by atoms with Crippen molar-refractivity contribution in [1.29, 1.82) is 0 Å². The highest BCUT2D eigenvalue weighted by molar-refractivity contribution is 5.78. The molecule has 15 heavy (non-hydrogen) atoms. The summed E-state index contributed by atoms with van der Waals surface area (Å²) in [5.74, 6) is -0.0720. The Balaban J connectivity index is 2.14. The van der Waals surface area contributed by atoms with Gasteiger partial charge in [0.05, 0.1) is 13.2 Å². The number of nitrogens with one attached hydrogen (secondary N) is 2. The van der Waals surface area contributed by atoms with E-state index in [4.69, 9.17) is 4.74 Å². The van der Waals surface area contributed by atoms with Crippen LogP contribution < -0.4 is 10.6 Å². The third-order valence-corrected chi connectivity index (χ3v) is 2.21. The fourth-order valence-corrected chi connectivity index (χ4v) is 1.29. The molecule has 3 amide bonds. The van der Waals surface area contributed by atoms with Gasteiger partial charge in [0.1, 0.15) is 0 Å². The predicted molar refractivity (Wildman–Crippen MR) is 54.5 cm³/mol. The molecule has 0 aromatic rings. The lowest BCUT2D eigenvalue weighted by Gasteiger charge is -2.26. The van der Waals surface area contributed by atoms with Gasteiger partial charge in [-0.3, -0.25) is 4.79 Å². The van der Waals surface area contributed by atoms with Crippen molar-refractivity contribution in [2.24, 2.45) is 0 Å². The molecular formula is C9H17N3O3. The third kappa shape index (κ3) is 4.16. The maximum atomic E-state index is 11.5. The first-order valence-corrected chi connectivity index (χ1v) is 5.05. The molecule has 0 bridgehead atoms. The average molecular weight is 215 g/mol. The highest BCUT2D eigenvalue weighted by Gasteiger charge is 2.15. The molecular weight excluding hydrogens is 198 g/mol. The quantitative estimate of drug-likeness (QED) is 0.645. The molecule has 6 nitrogen and oxygen atoms in total. The number of nitrogens with zero attached hydrogens (tertiary/aromatic N) is 1. The van der Waals surface area contributed by atoms with Gasteiger partial charge >= 0.3 is 6.03 Å². The van der Waals surface area contributed by atoms with Crippen LogP contribution >= 0.6 is 0 Å². The monoisotopic (exact) mass is 215 g/mol. The van der Waals surface area contributed by atoms with Gasteiger partial charge in [-0.1, -0.05) is 0 Å². The smallest absolute Gasteiger partial charge is 0.317 e. The number of rotatable bonds is 3. The Bertz CT molecular complexity index is 227. The summed E-state index contributed by atoms with van der Waals surface area (Å²) in [7, 11) is 1.58. The van der Waals surface area contributed by atoms with Crippen LogP contribution in [-0.2, 0) is 9.53 Å². The topological polar surface area (TPSA) is 70.7 Å². The van der Waals surface area contributed by atoms with Crippen LogP contribution in [-0.4, -0.2) is 56.7 Å².